The van der Waals surface area contributed by atoms with Gasteiger partial charge in [-0.05, 0) is 44.9 Å². The van der Waals surface area contributed by atoms with Gasteiger partial charge in [-0.15, -0.1) is 0 Å². The van der Waals surface area contributed by atoms with Gasteiger partial charge in [0.25, 0.3) is 0 Å². The van der Waals surface area contributed by atoms with Crippen molar-refractivity contribution in [2.45, 2.75) is 45.0 Å². The molecule has 2 atom stereocenters. The molecule has 0 saturated carbocycles. The number of benzene rings is 1. The van der Waals surface area contributed by atoms with Crippen molar-refractivity contribution in [2.75, 3.05) is 6.54 Å². The molecule has 1 aromatic rings. The summed E-state index contributed by atoms with van der Waals surface area (Å²) in [5.41, 5.74) is 0.0718. The highest BCUT2D eigenvalue weighted by atomic mass is 79.9. The molecule has 0 aliphatic heterocycles. The molecule has 0 spiro atoms. The first-order chi connectivity index (χ1) is 9.69. The Hall–Kier alpha value is -1.11. The quantitative estimate of drug-likeness (QED) is 0.755. The van der Waals surface area contributed by atoms with E-state index in [4.69, 9.17) is 4.74 Å². The number of nitrogens with one attached hydrogen (secondary N) is 1. The number of amides is 1. The summed E-state index contributed by atoms with van der Waals surface area (Å²) in [4.78, 5) is 11.4. The molecule has 1 rings (SSSR count). The van der Waals surface area contributed by atoms with Gasteiger partial charge in [0.15, 0.2) is 0 Å². The van der Waals surface area contributed by atoms with Gasteiger partial charge in [0.1, 0.15) is 11.7 Å². The van der Waals surface area contributed by atoms with Crippen molar-refractivity contribution in [1.82, 2.24) is 5.32 Å². The number of carbonyl (C=O) groups excluding carboxylic acids is 1. The second-order valence-electron chi connectivity index (χ2n) is 5.78. The molecule has 0 aromatic heterocycles. The fourth-order valence-electron chi connectivity index (χ4n) is 1.68. The number of ether oxygens (including phenoxy) is 1. The van der Waals surface area contributed by atoms with Crippen molar-refractivity contribution in [2.24, 2.45) is 0 Å². The van der Waals surface area contributed by atoms with Crippen molar-refractivity contribution >= 4 is 22.0 Å². The van der Waals surface area contributed by atoms with Crippen molar-refractivity contribution in [3.05, 3.63) is 34.3 Å². The van der Waals surface area contributed by atoms with E-state index in [1.807, 2.05) is 0 Å². The molecule has 0 radical (unpaired) electrons. The van der Waals surface area contributed by atoms with E-state index in [9.17, 15) is 15.0 Å². The monoisotopic (exact) mass is 359 g/mol. The molecular formula is C15H22BrNO4. The molecule has 6 heteroatoms. The van der Waals surface area contributed by atoms with Crippen LogP contribution in [0.15, 0.2) is 28.7 Å². The number of halogens is 1. The molecule has 0 aliphatic carbocycles. The van der Waals surface area contributed by atoms with E-state index in [1.54, 1.807) is 45.0 Å². The van der Waals surface area contributed by atoms with Crippen LogP contribution in [0.2, 0.25) is 0 Å². The molecule has 1 amide bonds. The molecule has 0 bridgehead atoms. The van der Waals surface area contributed by atoms with E-state index in [0.717, 1.165) is 4.47 Å². The molecule has 21 heavy (non-hydrogen) atoms. The van der Waals surface area contributed by atoms with E-state index in [-0.39, 0.29) is 13.0 Å². The van der Waals surface area contributed by atoms with Crippen LogP contribution in [-0.2, 0) is 4.74 Å². The van der Waals surface area contributed by atoms with Crippen LogP contribution in [0.1, 0.15) is 38.9 Å². The lowest BCUT2D eigenvalue weighted by atomic mass is 10.0. The molecule has 0 aliphatic rings. The van der Waals surface area contributed by atoms with Gasteiger partial charge in [-0.2, -0.15) is 0 Å². The summed E-state index contributed by atoms with van der Waals surface area (Å²) in [6.07, 6.45) is -2.25. The molecule has 0 fully saturated rings. The molecule has 118 valence electrons. The molecule has 3 N–H and O–H groups in total. The van der Waals surface area contributed by atoms with Gasteiger partial charge in [0.05, 0.1) is 6.10 Å². The Morgan fingerprint density at radius 1 is 1.29 bits per heavy atom. The predicted octanol–water partition coefficient (Wildman–Crippen LogP) is 2.76. The minimum Gasteiger partial charge on any atom is -0.444 e. The zero-order valence-electron chi connectivity index (χ0n) is 12.5. The first-order valence-electron chi connectivity index (χ1n) is 6.77. The van der Waals surface area contributed by atoms with Gasteiger partial charge in [-0.3, -0.25) is 0 Å². The number of aliphatic hydroxyl groups is 2. The smallest absolute Gasteiger partial charge is 0.407 e. The number of carbonyl (C=O) groups is 1. The van der Waals surface area contributed by atoms with Crippen molar-refractivity contribution in [3.63, 3.8) is 0 Å². The standard InChI is InChI=1S/C15H22BrNO4/c1-15(2,3)21-14(20)17-9-8-12(18)13(19)10-4-6-11(16)7-5-10/h4-7,12-13,18-19H,8-9H2,1-3H3,(H,17,20). The lowest BCUT2D eigenvalue weighted by molar-refractivity contribution is 0.0123. The van der Waals surface area contributed by atoms with Crippen molar-refractivity contribution in [3.8, 4) is 0 Å². The minimum absolute atomic E-state index is 0.226. The Bertz CT molecular complexity index is 456. The SMILES string of the molecule is CC(C)(C)OC(=O)NCCC(O)C(O)c1ccc(Br)cc1. The average Bonchev–Trinajstić information content (AvgIpc) is 2.36. The average molecular weight is 360 g/mol. The number of rotatable bonds is 5. The van der Waals surface area contributed by atoms with Gasteiger partial charge >= 0.3 is 6.09 Å². The van der Waals surface area contributed by atoms with E-state index in [2.05, 4.69) is 21.2 Å². The predicted molar refractivity (Wildman–Crippen MR) is 84.0 cm³/mol. The lowest BCUT2D eigenvalue weighted by Gasteiger charge is -2.21. The molecule has 0 saturated heterocycles. The maximum atomic E-state index is 11.4. The summed E-state index contributed by atoms with van der Waals surface area (Å²) in [6.45, 7) is 5.56. The zero-order chi connectivity index (χ0) is 16.0. The second kappa shape index (κ2) is 7.77. The number of aliphatic hydroxyl groups excluding tert-OH is 2. The third-order valence-corrected chi connectivity index (χ3v) is 3.21. The van der Waals surface area contributed by atoms with Crippen LogP contribution < -0.4 is 5.32 Å². The maximum absolute atomic E-state index is 11.4. The summed E-state index contributed by atoms with van der Waals surface area (Å²) in [5.74, 6) is 0. The van der Waals surface area contributed by atoms with Gasteiger partial charge in [0, 0.05) is 11.0 Å². The molecule has 2 unspecified atom stereocenters. The Kier molecular flexibility index (Phi) is 6.64. The normalized spacial score (nSPS) is 14.4. The highest BCUT2D eigenvalue weighted by Crippen LogP contribution is 2.21. The van der Waals surface area contributed by atoms with Crippen molar-refractivity contribution in [1.29, 1.82) is 0 Å². The molecule has 1 aromatic carbocycles. The van der Waals surface area contributed by atoms with E-state index < -0.39 is 23.9 Å². The van der Waals surface area contributed by atoms with Crippen LogP contribution in [0.25, 0.3) is 0 Å². The minimum atomic E-state index is -0.987. The maximum Gasteiger partial charge on any atom is 0.407 e. The molecular weight excluding hydrogens is 338 g/mol. The van der Waals surface area contributed by atoms with Gasteiger partial charge in [0.2, 0.25) is 0 Å². The molecule has 0 heterocycles. The van der Waals surface area contributed by atoms with Crippen LogP contribution in [0.5, 0.6) is 0 Å². The van der Waals surface area contributed by atoms with E-state index in [1.165, 1.54) is 0 Å². The Labute approximate surface area is 133 Å². The van der Waals surface area contributed by atoms with Crippen LogP contribution in [0, 0.1) is 0 Å². The third kappa shape index (κ3) is 6.93. The van der Waals surface area contributed by atoms with Gasteiger partial charge in [-0.1, -0.05) is 28.1 Å². The topological polar surface area (TPSA) is 78.8 Å². The second-order valence-corrected chi connectivity index (χ2v) is 6.70. The van der Waals surface area contributed by atoms with E-state index in [0.29, 0.717) is 5.56 Å². The third-order valence-electron chi connectivity index (χ3n) is 2.68. The van der Waals surface area contributed by atoms with Gasteiger partial charge in [-0.25, -0.2) is 4.79 Å². The highest BCUT2D eigenvalue weighted by molar-refractivity contribution is 9.10. The van der Waals surface area contributed by atoms with Gasteiger partial charge < -0.3 is 20.3 Å². The lowest BCUT2D eigenvalue weighted by Crippen LogP contribution is -2.34. The Balaban J connectivity index is 2.38. The summed E-state index contributed by atoms with van der Waals surface area (Å²) < 4.78 is 5.98. The number of alkyl carbamates (subject to hydrolysis) is 1. The van der Waals surface area contributed by atoms with E-state index >= 15 is 0 Å². The van der Waals surface area contributed by atoms with Crippen molar-refractivity contribution < 1.29 is 19.7 Å². The fraction of sp³-hybridized carbons (Fsp3) is 0.533. The summed E-state index contributed by atoms with van der Waals surface area (Å²) in [6, 6.07) is 7.06. The first-order valence-corrected chi connectivity index (χ1v) is 7.57. The Morgan fingerprint density at radius 3 is 2.38 bits per heavy atom. The zero-order valence-corrected chi connectivity index (χ0v) is 14.1. The van der Waals surface area contributed by atoms with Crippen LogP contribution in [0.3, 0.4) is 0 Å². The Morgan fingerprint density at radius 2 is 1.86 bits per heavy atom. The molecule has 5 nitrogen and oxygen atoms in total. The highest BCUT2D eigenvalue weighted by Gasteiger charge is 2.19. The number of hydrogen-bond acceptors (Lipinski definition) is 4. The van der Waals surface area contributed by atoms with Crippen LogP contribution in [0.4, 0.5) is 4.79 Å². The summed E-state index contributed by atoms with van der Waals surface area (Å²) in [5, 5.41) is 22.5. The summed E-state index contributed by atoms with van der Waals surface area (Å²) >= 11 is 3.31. The summed E-state index contributed by atoms with van der Waals surface area (Å²) in [7, 11) is 0. The first kappa shape index (κ1) is 17.9. The van der Waals surface area contributed by atoms with Crippen LogP contribution >= 0.6 is 15.9 Å². The largest absolute Gasteiger partial charge is 0.444 e. The number of hydrogen-bond donors (Lipinski definition) is 3. The fourth-order valence-corrected chi connectivity index (χ4v) is 1.94. The van der Waals surface area contributed by atoms with Crippen LogP contribution in [-0.4, -0.2) is 34.6 Å².